The van der Waals surface area contributed by atoms with Crippen molar-refractivity contribution in [1.82, 2.24) is 0 Å². The lowest BCUT2D eigenvalue weighted by Crippen LogP contribution is -2.25. The van der Waals surface area contributed by atoms with Crippen LogP contribution in [0.25, 0.3) is 0 Å². The van der Waals surface area contributed by atoms with Crippen molar-refractivity contribution in [3.05, 3.63) is 23.8 Å². The Bertz CT molecular complexity index is 383. The molecule has 0 aromatic carbocycles. The van der Waals surface area contributed by atoms with Crippen LogP contribution >= 0.6 is 0 Å². The van der Waals surface area contributed by atoms with Crippen LogP contribution in [-0.2, 0) is 14.3 Å². The monoisotopic (exact) mass is 236 g/mol. The molecule has 1 heterocycles. The van der Waals surface area contributed by atoms with Gasteiger partial charge < -0.3 is 9.47 Å². The minimum absolute atomic E-state index is 0.224. The summed E-state index contributed by atoms with van der Waals surface area (Å²) in [7, 11) is 0. The van der Waals surface area contributed by atoms with Gasteiger partial charge in [-0.1, -0.05) is 12.2 Å². The molecule has 1 saturated heterocycles. The van der Waals surface area contributed by atoms with Crippen molar-refractivity contribution >= 4 is 5.97 Å². The third-order valence-electron chi connectivity index (χ3n) is 3.82. The number of carbonyl (C=O) groups excluding carboxylic acids is 1. The Morgan fingerprint density at radius 2 is 2.41 bits per heavy atom. The van der Waals surface area contributed by atoms with Gasteiger partial charge in [0.2, 0.25) is 0 Å². The Balaban J connectivity index is 2.14. The highest BCUT2D eigenvalue weighted by molar-refractivity contribution is 5.83. The molecule has 0 spiro atoms. The number of allylic oxidation sites excluding steroid dienone is 1. The van der Waals surface area contributed by atoms with Gasteiger partial charge in [-0.25, -0.2) is 4.79 Å². The van der Waals surface area contributed by atoms with Crippen LogP contribution in [0.5, 0.6) is 0 Å². The quantitative estimate of drug-likeness (QED) is 0.327. The first-order chi connectivity index (χ1) is 7.97. The maximum Gasteiger partial charge on any atom is 0.330 e. The minimum atomic E-state index is -0.264. The zero-order chi connectivity index (χ0) is 12.6. The molecule has 17 heavy (non-hydrogen) atoms. The summed E-state index contributed by atoms with van der Waals surface area (Å²) in [5.74, 6) is 0.164. The summed E-state index contributed by atoms with van der Waals surface area (Å²) in [5.41, 5.74) is 2.00. The second kappa shape index (κ2) is 4.30. The summed E-state index contributed by atoms with van der Waals surface area (Å²) >= 11 is 0. The molecular weight excluding hydrogens is 216 g/mol. The topological polar surface area (TPSA) is 38.8 Å². The van der Waals surface area contributed by atoms with Crippen LogP contribution in [0.2, 0.25) is 0 Å². The van der Waals surface area contributed by atoms with Gasteiger partial charge in [-0.05, 0) is 45.1 Å². The van der Waals surface area contributed by atoms with Gasteiger partial charge in [-0.3, -0.25) is 0 Å². The molecule has 94 valence electrons. The first-order valence-electron chi connectivity index (χ1n) is 6.18. The van der Waals surface area contributed by atoms with Gasteiger partial charge in [-0.15, -0.1) is 0 Å². The first-order valence-corrected chi connectivity index (χ1v) is 6.18. The summed E-state index contributed by atoms with van der Waals surface area (Å²) in [6.45, 7) is 10.3. The van der Waals surface area contributed by atoms with Crippen molar-refractivity contribution in [2.45, 2.75) is 45.3 Å². The van der Waals surface area contributed by atoms with E-state index in [-0.39, 0.29) is 17.7 Å². The molecule has 2 rings (SSSR count). The predicted molar refractivity (Wildman–Crippen MR) is 65.5 cm³/mol. The van der Waals surface area contributed by atoms with Crippen molar-refractivity contribution in [3.8, 4) is 0 Å². The molecule has 3 atom stereocenters. The molecule has 1 saturated carbocycles. The number of epoxide rings is 1. The Kier molecular flexibility index (Phi) is 3.13. The highest BCUT2D eigenvalue weighted by Crippen LogP contribution is 2.53. The number of carbonyl (C=O) groups is 1. The van der Waals surface area contributed by atoms with Crippen LogP contribution in [0.15, 0.2) is 23.8 Å². The maximum atomic E-state index is 11.5. The Morgan fingerprint density at radius 1 is 1.71 bits per heavy atom. The van der Waals surface area contributed by atoms with Gasteiger partial charge in [0, 0.05) is 6.08 Å². The molecular formula is C14H20O3. The fourth-order valence-corrected chi connectivity index (χ4v) is 2.53. The summed E-state index contributed by atoms with van der Waals surface area (Å²) < 4.78 is 10.7. The number of hydrogen-bond donors (Lipinski definition) is 0. The van der Waals surface area contributed by atoms with Gasteiger partial charge in [0.25, 0.3) is 0 Å². The molecule has 0 aromatic heterocycles. The molecule has 1 aliphatic heterocycles. The molecule has 1 aliphatic carbocycles. The summed E-state index contributed by atoms with van der Waals surface area (Å²) in [4.78, 5) is 11.5. The third kappa shape index (κ3) is 2.29. The molecule has 0 amide bonds. The maximum absolute atomic E-state index is 11.5. The number of ether oxygens (including phenoxy) is 2. The van der Waals surface area contributed by atoms with E-state index in [1.165, 1.54) is 0 Å². The number of rotatable bonds is 3. The van der Waals surface area contributed by atoms with E-state index in [0.717, 1.165) is 24.0 Å². The normalized spacial score (nSPS) is 37.5. The van der Waals surface area contributed by atoms with E-state index in [0.29, 0.717) is 12.5 Å². The van der Waals surface area contributed by atoms with E-state index >= 15 is 0 Å². The largest absolute Gasteiger partial charge is 0.463 e. The van der Waals surface area contributed by atoms with E-state index in [2.05, 4.69) is 13.5 Å². The Labute approximate surface area is 102 Å². The first kappa shape index (κ1) is 12.4. The van der Waals surface area contributed by atoms with Crippen LogP contribution in [-0.4, -0.2) is 24.3 Å². The van der Waals surface area contributed by atoms with Crippen LogP contribution in [0, 0.1) is 5.92 Å². The van der Waals surface area contributed by atoms with Crippen molar-refractivity contribution in [1.29, 1.82) is 0 Å². The van der Waals surface area contributed by atoms with E-state index in [1.54, 1.807) is 6.08 Å². The van der Waals surface area contributed by atoms with Crippen molar-refractivity contribution in [3.63, 3.8) is 0 Å². The lowest BCUT2D eigenvalue weighted by Gasteiger charge is -2.25. The fourth-order valence-electron chi connectivity index (χ4n) is 2.53. The van der Waals surface area contributed by atoms with Crippen LogP contribution in [0.4, 0.5) is 0 Å². The van der Waals surface area contributed by atoms with Gasteiger partial charge in [0.05, 0.1) is 12.7 Å². The van der Waals surface area contributed by atoms with Gasteiger partial charge in [-0.2, -0.15) is 0 Å². The molecule has 0 aromatic rings. The van der Waals surface area contributed by atoms with E-state index < -0.39 is 0 Å². The molecule has 0 bridgehead atoms. The lowest BCUT2D eigenvalue weighted by atomic mass is 9.76. The number of fused-ring (bicyclic) bond motifs is 1. The Hall–Kier alpha value is -1.09. The summed E-state index contributed by atoms with van der Waals surface area (Å²) in [6, 6.07) is 0. The van der Waals surface area contributed by atoms with Crippen molar-refractivity contribution < 1.29 is 14.3 Å². The van der Waals surface area contributed by atoms with Gasteiger partial charge in [0.1, 0.15) is 5.60 Å². The van der Waals surface area contributed by atoms with Crippen molar-refractivity contribution in [2.75, 3.05) is 6.61 Å². The molecule has 2 fully saturated rings. The molecule has 0 radical (unpaired) electrons. The molecule has 0 N–H and O–H groups in total. The van der Waals surface area contributed by atoms with Crippen LogP contribution in [0.3, 0.4) is 0 Å². The highest BCUT2D eigenvalue weighted by Gasteiger charge is 2.58. The minimum Gasteiger partial charge on any atom is -0.463 e. The smallest absolute Gasteiger partial charge is 0.330 e. The highest BCUT2D eigenvalue weighted by atomic mass is 16.6. The standard InChI is InChI=1S/C14H20O3/c1-5-16-13(15)8-11-6-10(9(2)3)7-12-14(11,4)17-12/h8,10,12H,2,5-7H2,1,3-4H3/b11-8-/t10-,12+,14-/m1/s1. The lowest BCUT2D eigenvalue weighted by molar-refractivity contribution is -0.137. The summed E-state index contributed by atoms with van der Waals surface area (Å²) in [5, 5.41) is 0. The second-order valence-corrected chi connectivity index (χ2v) is 5.12. The second-order valence-electron chi connectivity index (χ2n) is 5.12. The zero-order valence-electron chi connectivity index (χ0n) is 10.8. The van der Waals surface area contributed by atoms with E-state index in [4.69, 9.17) is 9.47 Å². The number of hydrogen-bond acceptors (Lipinski definition) is 3. The van der Waals surface area contributed by atoms with Crippen LogP contribution < -0.4 is 0 Å². The van der Waals surface area contributed by atoms with Gasteiger partial charge in [0.15, 0.2) is 0 Å². The van der Waals surface area contributed by atoms with E-state index in [9.17, 15) is 4.79 Å². The molecule has 3 nitrogen and oxygen atoms in total. The fraction of sp³-hybridized carbons (Fsp3) is 0.643. The third-order valence-corrected chi connectivity index (χ3v) is 3.82. The van der Waals surface area contributed by atoms with Gasteiger partial charge >= 0.3 is 5.97 Å². The van der Waals surface area contributed by atoms with Crippen molar-refractivity contribution in [2.24, 2.45) is 5.92 Å². The molecule has 0 unspecified atom stereocenters. The molecule has 2 aliphatic rings. The zero-order valence-corrected chi connectivity index (χ0v) is 10.8. The molecule has 3 heteroatoms. The SMILES string of the molecule is C=C(C)[C@@H]1C/C(=C/C(=O)OCC)[C@@]2(C)O[C@H]2C1. The van der Waals surface area contributed by atoms with Crippen LogP contribution in [0.1, 0.15) is 33.6 Å². The number of esters is 1. The van der Waals surface area contributed by atoms with E-state index in [1.807, 2.05) is 13.8 Å². The Morgan fingerprint density at radius 3 is 3.00 bits per heavy atom. The average molecular weight is 236 g/mol. The summed E-state index contributed by atoms with van der Waals surface area (Å²) in [6.07, 6.45) is 3.74. The predicted octanol–water partition coefficient (Wildman–Crippen LogP) is 2.62. The average Bonchev–Trinajstić information content (AvgIpc) is 2.90.